The van der Waals surface area contributed by atoms with Crippen molar-refractivity contribution >= 4 is 17.5 Å². The minimum absolute atomic E-state index is 0.0407. The molecule has 2 fully saturated rings. The van der Waals surface area contributed by atoms with Crippen LogP contribution in [0.2, 0.25) is 0 Å². The Morgan fingerprint density at radius 3 is 2.44 bits per heavy atom. The van der Waals surface area contributed by atoms with Crippen LogP contribution in [-0.2, 0) is 16.8 Å². The van der Waals surface area contributed by atoms with Crippen LogP contribution >= 0.6 is 0 Å². The Morgan fingerprint density at radius 1 is 1.00 bits per heavy atom. The summed E-state index contributed by atoms with van der Waals surface area (Å²) in [7, 11) is 0. The number of amides is 2. The predicted molar refractivity (Wildman–Crippen MR) is 164 cm³/mol. The molecular formula is C34H41F4N5O2. The van der Waals surface area contributed by atoms with E-state index >= 15 is 4.39 Å². The van der Waals surface area contributed by atoms with Gasteiger partial charge in [0.2, 0.25) is 5.91 Å². The van der Waals surface area contributed by atoms with Crippen molar-refractivity contribution < 1.29 is 27.2 Å². The van der Waals surface area contributed by atoms with Crippen LogP contribution < -0.4 is 5.32 Å². The summed E-state index contributed by atoms with van der Waals surface area (Å²) in [5.74, 6) is -2.09. The number of anilines is 1. The molecule has 5 rings (SSSR count). The molecule has 45 heavy (non-hydrogen) atoms. The first-order chi connectivity index (χ1) is 21.2. The summed E-state index contributed by atoms with van der Waals surface area (Å²) in [5.41, 5.74) is 2.60. The zero-order chi connectivity index (χ0) is 32.5. The molecule has 0 aliphatic carbocycles. The van der Waals surface area contributed by atoms with Crippen molar-refractivity contribution in [1.82, 2.24) is 19.6 Å². The summed E-state index contributed by atoms with van der Waals surface area (Å²) in [5, 5.41) is 7.47. The molecular weight excluding hydrogens is 586 g/mol. The van der Waals surface area contributed by atoms with Crippen molar-refractivity contribution in [1.29, 1.82) is 0 Å². The number of benzene rings is 2. The molecule has 2 amide bonds. The highest BCUT2D eigenvalue weighted by Crippen LogP contribution is 2.39. The SMILES string of the molecule is Cc1cccc(F)c1C(=O)N1CCC[C@H](C(=O)Nc2cccc(C(C)(C)C)c2)[C@@H]1c1cnn(CCN2CCCC2C(F)(F)F)c1. The van der Waals surface area contributed by atoms with Crippen molar-refractivity contribution in [2.24, 2.45) is 5.92 Å². The quantitative estimate of drug-likeness (QED) is 0.290. The Balaban J connectivity index is 1.44. The minimum atomic E-state index is -4.29. The summed E-state index contributed by atoms with van der Waals surface area (Å²) in [6.45, 7) is 9.00. The fourth-order valence-corrected chi connectivity index (χ4v) is 6.61. The molecule has 2 saturated heterocycles. The van der Waals surface area contributed by atoms with Gasteiger partial charge < -0.3 is 10.2 Å². The highest BCUT2D eigenvalue weighted by molar-refractivity contribution is 5.98. The van der Waals surface area contributed by atoms with E-state index in [0.717, 1.165) is 5.56 Å². The van der Waals surface area contributed by atoms with E-state index in [1.165, 1.54) is 11.0 Å². The van der Waals surface area contributed by atoms with Crippen molar-refractivity contribution in [3.63, 3.8) is 0 Å². The molecule has 3 atom stereocenters. The van der Waals surface area contributed by atoms with Crippen LogP contribution in [0.25, 0.3) is 0 Å². The van der Waals surface area contributed by atoms with Crippen molar-refractivity contribution in [3.05, 3.63) is 82.9 Å². The molecule has 2 aliphatic heterocycles. The number of hydrogen-bond donors (Lipinski definition) is 1. The third-order valence-electron chi connectivity index (χ3n) is 9.01. The molecule has 1 N–H and O–H groups in total. The Labute approximate surface area is 261 Å². The normalized spacial score (nSPS) is 21.2. The van der Waals surface area contributed by atoms with Gasteiger partial charge in [0.25, 0.3) is 5.91 Å². The monoisotopic (exact) mass is 627 g/mol. The van der Waals surface area contributed by atoms with Crippen molar-refractivity contribution in [2.75, 3.05) is 25.0 Å². The van der Waals surface area contributed by atoms with Gasteiger partial charge in [-0.05, 0) is 73.9 Å². The number of aromatic nitrogens is 2. The van der Waals surface area contributed by atoms with Crippen LogP contribution in [-0.4, -0.2) is 63.2 Å². The molecule has 3 aromatic rings. The second-order valence-electron chi connectivity index (χ2n) is 13.2. The van der Waals surface area contributed by atoms with Gasteiger partial charge in [0.1, 0.15) is 11.9 Å². The maximum atomic E-state index is 15.0. The van der Waals surface area contributed by atoms with Gasteiger partial charge in [-0.2, -0.15) is 18.3 Å². The fourth-order valence-electron chi connectivity index (χ4n) is 6.61. The lowest BCUT2D eigenvalue weighted by molar-refractivity contribution is -0.176. The first kappa shape index (κ1) is 32.7. The molecule has 11 heteroatoms. The molecule has 3 heterocycles. The summed E-state index contributed by atoms with van der Waals surface area (Å²) in [6.07, 6.45) is 0.572. The zero-order valence-electron chi connectivity index (χ0n) is 26.2. The number of carbonyl (C=O) groups excluding carboxylic acids is 2. The van der Waals surface area contributed by atoms with Crippen LogP contribution in [0.5, 0.6) is 0 Å². The summed E-state index contributed by atoms with van der Waals surface area (Å²) >= 11 is 0. The third kappa shape index (κ3) is 7.24. The number of carbonyl (C=O) groups is 2. The van der Waals surface area contributed by atoms with Crippen LogP contribution in [0.15, 0.2) is 54.9 Å². The smallest absolute Gasteiger partial charge is 0.331 e. The number of aryl methyl sites for hydroxylation is 1. The van der Waals surface area contributed by atoms with Gasteiger partial charge in [-0.1, -0.05) is 45.0 Å². The third-order valence-corrected chi connectivity index (χ3v) is 9.01. The lowest BCUT2D eigenvalue weighted by Crippen LogP contribution is -2.46. The van der Waals surface area contributed by atoms with E-state index in [9.17, 15) is 22.8 Å². The number of nitrogens with one attached hydrogen (secondary N) is 1. The summed E-state index contributed by atoms with van der Waals surface area (Å²) in [4.78, 5) is 30.9. The molecule has 0 saturated carbocycles. The van der Waals surface area contributed by atoms with Gasteiger partial charge in [-0.15, -0.1) is 0 Å². The van der Waals surface area contributed by atoms with E-state index < -0.39 is 35.9 Å². The van der Waals surface area contributed by atoms with Gasteiger partial charge in [0, 0.05) is 30.5 Å². The zero-order valence-corrected chi connectivity index (χ0v) is 26.2. The molecule has 1 unspecified atom stereocenters. The number of rotatable bonds is 7. The van der Waals surface area contributed by atoms with Gasteiger partial charge in [0.15, 0.2) is 0 Å². The highest BCUT2D eigenvalue weighted by atomic mass is 19.4. The largest absolute Gasteiger partial charge is 0.404 e. The lowest BCUT2D eigenvalue weighted by Gasteiger charge is -2.40. The molecule has 0 radical (unpaired) electrons. The predicted octanol–water partition coefficient (Wildman–Crippen LogP) is 6.89. The molecule has 7 nitrogen and oxygen atoms in total. The fraction of sp³-hybridized carbons (Fsp3) is 0.500. The van der Waals surface area contributed by atoms with Crippen LogP contribution in [0.4, 0.5) is 23.2 Å². The maximum Gasteiger partial charge on any atom is 0.404 e. The highest BCUT2D eigenvalue weighted by Gasteiger charge is 2.46. The van der Waals surface area contributed by atoms with E-state index in [0.29, 0.717) is 49.2 Å². The van der Waals surface area contributed by atoms with Crippen molar-refractivity contribution in [3.8, 4) is 0 Å². The minimum Gasteiger partial charge on any atom is -0.331 e. The van der Waals surface area contributed by atoms with E-state index in [-0.39, 0.29) is 36.4 Å². The average molecular weight is 628 g/mol. The van der Waals surface area contributed by atoms with E-state index in [4.69, 9.17) is 0 Å². The molecule has 2 aromatic carbocycles. The molecule has 0 bridgehead atoms. The molecule has 2 aliphatic rings. The van der Waals surface area contributed by atoms with Gasteiger partial charge >= 0.3 is 6.18 Å². The Bertz CT molecular complexity index is 1510. The average Bonchev–Trinajstić information content (AvgIpc) is 3.65. The second-order valence-corrected chi connectivity index (χ2v) is 13.2. The van der Waals surface area contributed by atoms with Gasteiger partial charge in [-0.3, -0.25) is 19.2 Å². The topological polar surface area (TPSA) is 70.5 Å². The van der Waals surface area contributed by atoms with E-state index in [2.05, 4.69) is 31.2 Å². The summed E-state index contributed by atoms with van der Waals surface area (Å²) < 4.78 is 57.0. The molecule has 0 spiro atoms. The number of halogens is 4. The molecule has 1 aromatic heterocycles. The number of piperidine rings is 1. The number of nitrogens with zero attached hydrogens (tertiary/aromatic N) is 4. The van der Waals surface area contributed by atoms with Crippen LogP contribution in [0, 0.1) is 18.7 Å². The van der Waals surface area contributed by atoms with E-state index in [1.807, 2.05) is 24.3 Å². The standard InChI is InChI=1S/C34H41F4N5O2/c1-22-9-5-13-27(35)29(22)32(45)43-16-7-12-26(31(44)40-25-11-6-10-24(19-25)33(2,3)4)30(43)23-20-39-42(21-23)18-17-41-15-8-14-28(41)34(36,37)38/h5-6,9-11,13,19-21,26,28,30H,7-8,12,14-18H2,1-4H3,(H,40,44)/t26-,28?,30-/m0/s1. The van der Waals surface area contributed by atoms with Gasteiger partial charge in [0.05, 0.1) is 30.3 Å². The Kier molecular flexibility index (Phi) is 9.39. The number of hydrogen-bond acceptors (Lipinski definition) is 4. The summed E-state index contributed by atoms with van der Waals surface area (Å²) in [6, 6.07) is 9.90. The second kappa shape index (κ2) is 12.9. The van der Waals surface area contributed by atoms with Gasteiger partial charge in [-0.25, -0.2) is 4.39 Å². The number of alkyl halides is 3. The first-order valence-corrected chi connectivity index (χ1v) is 15.5. The van der Waals surface area contributed by atoms with Crippen LogP contribution in [0.1, 0.15) is 79.5 Å². The van der Waals surface area contributed by atoms with E-state index in [1.54, 1.807) is 41.0 Å². The Morgan fingerprint density at radius 2 is 1.73 bits per heavy atom. The lowest BCUT2D eigenvalue weighted by atomic mass is 9.84. The van der Waals surface area contributed by atoms with Crippen molar-refractivity contribution in [2.45, 2.75) is 83.6 Å². The molecule has 242 valence electrons. The van der Waals surface area contributed by atoms with Crippen LogP contribution in [0.3, 0.4) is 0 Å². The first-order valence-electron chi connectivity index (χ1n) is 15.5. The Hall–Kier alpha value is -3.73. The number of likely N-dealkylation sites (tertiary alicyclic amines) is 2. The maximum absolute atomic E-state index is 15.0.